The summed E-state index contributed by atoms with van der Waals surface area (Å²) in [5.74, 6) is 1.56. The average molecular weight is 391 g/mol. The Morgan fingerprint density at radius 1 is 0.733 bits per heavy atom. The van der Waals surface area contributed by atoms with E-state index in [2.05, 4.69) is 58.6 Å². The SMILES string of the molecule is C[C@H](Nc1ncnc2oc(-c3ccccc3)c(-c3ccccc3)c12)c1ccccc1. The third-order valence-corrected chi connectivity index (χ3v) is 5.24. The molecular weight excluding hydrogens is 370 g/mol. The van der Waals surface area contributed by atoms with Gasteiger partial charge in [-0.1, -0.05) is 91.0 Å². The second-order valence-electron chi connectivity index (χ2n) is 7.22. The molecule has 4 nitrogen and oxygen atoms in total. The van der Waals surface area contributed by atoms with Gasteiger partial charge in [0.15, 0.2) is 0 Å². The van der Waals surface area contributed by atoms with Crippen molar-refractivity contribution in [2.45, 2.75) is 13.0 Å². The van der Waals surface area contributed by atoms with Crippen LogP contribution in [0.4, 0.5) is 5.82 Å². The molecule has 0 fully saturated rings. The Labute approximate surface area is 175 Å². The lowest BCUT2D eigenvalue weighted by atomic mass is 9.99. The van der Waals surface area contributed by atoms with E-state index in [9.17, 15) is 0 Å². The maximum atomic E-state index is 6.28. The van der Waals surface area contributed by atoms with Crippen molar-refractivity contribution in [3.63, 3.8) is 0 Å². The van der Waals surface area contributed by atoms with Crippen LogP contribution in [0.15, 0.2) is 102 Å². The normalized spacial score (nSPS) is 12.0. The highest BCUT2D eigenvalue weighted by atomic mass is 16.3. The first-order chi connectivity index (χ1) is 14.8. The summed E-state index contributed by atoms with van der Waals surface area (Å²) in [6.45, 7) is 2.13. The second-order valence-corrected chi connectivity index (χ2v) is 7.22. The van der Waals surface area contributed by atoms with Gasteiger partial charge in [-0.25, -0.2) is 9.97 Å². The molecule has 5 aromatic rings. The van der Waals surface area contributed by atoms with E-state index in [1.807, 2.05) is 54.6 Å². The van der Waals surface area contributed by atoms with Crippen LogP contribution in [0.5, 0.6) is 0 Å². The summed E-state index contributed by atoms with van der Waals surface area (Å²) in [4.78, 5) is 9.02. The van der Waals surface area contributed by atoms with Crippen LogP contribution in [0, 0.1) is 0 Å². The van der Waals surface area contributed by atoms with Gasteiger partial charge in [-0.15, -0.1) is 0 Å². The summed E-state index contributed by atoms with van der Waals surface area (Å²) in [5, 5.41) is 4.46. The number of hydrogen-bond acceptors (Lipinski definition) is 4. The quantitative estimate of drug-likeness (QED) is 0.361. The summed E-state index contributed by atoms with van der Waals surface area (Å²) in [6, 6.07) is 30.8. The van der Waals surface area contributed by atoms with Crippen molar-refractivity contribution in [2.24, 2.45) is 0 Å². The molecule has 4 heteroatoms. The Morgan fingerprint density at radius 2 is 1.33 bits per heavy atom. The van der Waals surface area contributed by atoms with Gasteiger partial charge in [-0.3, -0.25) is 0 Å². The molecule has 0 aliphatic heterocycles. The van der Waals surface area contributed by atoms with Crippen molar-refractivity contribution in [1.82, 2.24) is 9.97 Å². The molecule has 146 valence electrons. The van der Waals surface area contributed by atoms with Crippen LogP contribution < -0.4 is 5.32 Å². The highest BCUT2D eigenvalue weighted by Gasteiger charge is 2.22. The van der Waals surface area contributed by atoms with Crippen molar-refractivity contribution in [1.29, 1.82) is 0 Å². The Hall–Kier alpha value is -3.92. The minimum atomic E-state index is 0.0861. The van der Waals surface area contributed by atoms with Crippen LogP contribution in [0.1, 0.15) is 18.5 Å². The first kappa shape index (κ1) is 18.1. The van der Waals surface area contributed by atoms with Gasteiger partial charge >= 0.3 is 0 Å². The molecule has 1 atom stereocenters. The molecule has 5 rings (SSSR count). The van der Waals surface area contributed by atoms with E-state index in [0.717, 1.165) is 33.7 Å². The first-order valence-corrected chi connectivity index (χ1v) is 10.0. The van der Waals surface area contributed by atoms with Gasteiger partial charge in [0, 0.05) is 17.2 Å². The third kappa shape index (κ3) is 3.33. The number of rotatable bonds is 5. The number of nitrogens with zero attached hydrogens (tertiary/aromatic N) is 2. The summed E-state index contributed by atoms with van der Waals surface area (Å²) in [6.07, 6.45) is 1.55. The maximum absolute atomic E-state index is 6.28. The van der Waals surface area contributed by atoms with E-state index in [1.165, 1.54) is 5.56 Å². The zero-order chi connectivity index (χ0) is 20.3. The van der Waals surface area contributed by atoms with Gasteiger partial charge in [-0.2, -0.15) is 0 Å². The van der Waals surface area contributed by atoms with E-state index < -0.39 is 0 Å². The second kappa shape index (κ2) is 7.84. The number of hydrogen-bond donors (Lipinski definition) is 1. The summed E-state index contributed by atoms with van der Waals surface area (Å²) in [7, 11) is 0. The Kier molecular flexibility index (Phi) is 4.74. The lowest BCUT2D eigenvalue weighted by Crippen LogP contribution is -2.08. The Balaban J connectivity index is 1.71. The minimum absolute atomic E-state index is 0.0861. The summed E-state index contributed by atoms with van der Waals surface area (Å²) in [5.41, 5.74) is 4.85. The fourth-order valence-electron chi connectivity index (χ4n) is 3.75. The molecule has 0 saturated carbocycles. The predicted molar refractivity (Wildman–Crippen MR) is 121 cm³/mol. The number of fused-ring (bicyclic) bond motifs is 1. The van der Waals surface area contributed by atoms with E-state index in [4.69, 9.17) is 4.42 Å². The van der Waals surface area contributed by atoms with E-state index >= 15 is 0 Å². The average Bonchev–Trinajstić information content (AvgIpc) is 3.21. The van der Waals surface area contributed by atoms with Crippen LogP contribution >= 0.6 is 0 Å². The first-order valence-electron chi connectivity index (χ1n) is 10.0. The van der Waals surface area contributed by atoms with Gasteiger partial charge in [-0.05, 0) is 18.1 Å². The molecule has 0 aliphatic carbocycles. The van der Waals surface area contributed by atoms with E-state index in [0.29, 0.717) is 5.71 Å². The lowest BCUT2D eigenvalue weighted by Gasteiger charge is -2.15. The van der Waals surface area contributed by atoms with Crippen molar-refractivity contribution < 1.29 is 4.42 Å². The number of aromatic nitrogens is 2. The fraction of sp³-hybridized carbons (Fsp3) is 0.0769. The molecule has 0 saturated heterocycles. The molecular formula is C26H21N3O. The molecule has 0 bridgehead atoms. The zero-order valence-electron chi connectivity index (χ0n) is 16.6. The summed E-state index contributed by atoms with van der Waals surface area (Å²) >= 11 is 0. The fourth-order valence-corrected chi connectivity index (χ4v) is 3.75. The van der Waals surface area contributed by atoms with Crippen molar-refractivity contribution in [2.75, 3.05) is 5.32 Å². The number of nitrogens with one attached hydrogen (secondary N) is 1. The van der Waals surface area contributed by atoms with Crippen LogP contribution in [0.25, 0.3) is 33.6 Å². The molecule has 1 N–H and O–H groups in total. The van der Waals surface area contributed by atoms with Crippen LogP contribution in [0.3, 0.4) is 0 Å². The molecule has 0 amide bonds. The largest absolute Gasteiger partial charge is 0.437 e. The van der Waals surface area contributed by atoms with Gasteiger partial charge in [0.05, 0.1) is 5.39 Å². The highest BCUT2D eigenvalue weighted by Crippen LogP contribution is 2.42. The van der Waals surface area contributed by atoms with Crippen molar-refractivity contribution in [3.05, 3.63) is 103 Å². The smallest absolute Gasteiger partial charge is 0.232 e. The van der Waals surface area contributed by atoms with Gasteiger partial charge in [0.1, 0.15) is 17.9 Å². The van der Waals surface area contributed by atoms with Gasteiger partial charge in [0.25, 0.3) is 0 Å². The molecule has 2 heterocycles. The van der Waals surface area contributed by atoms with Gasteiger partial charge in [0.2, 0.25) is 5.71 Å². The molecule has 0 aliphatic rings. The lowest BCUT2D eigenvalue weighted by molar-refractivity contribution is 0.618. The minimum Gasteiger partial charge on any atom is -0.437 e. The van der Waals surface area contributed by atoms with Crippen molar-refractivity contribution in [3.8, 4) is 22.5 Å². The predicted octanol–water partition coefficient (Wildman–Crippen LogP) is 6.73. The number of benzene rings is 3. The highest BCUT2D eigenvalue weighted by molar-refractivity contribution is 6.05. The Morgan fingerprint density at radius 3 is 2.00 bits per heavy atom. The molecule has 0 radical (unpaired) electrons. The molecule has 30 heavy (non-hydrogen) atoms. The summed E-state index contributed by atoms with van der Waals surface area (Å²) < 4.78 is 6.28. The topological polar surface area (TPSA) is 51.0 Å². The van der Waals surface area contributed by atoms with Crippen LogP contribution in [0.2, 0.25) is 0 Å². The standard InChI is InChI=1S/C26H21N3O/c1-18(19-11-5-2-6-12-19)29-25-23-22(20-13-7-3-8-14-20)24(21-15-9-4-10-16-21)30-26(23)28-17-27-25/h2-18H,1H3,(H,27,28,29)/t18-/m0/s1. The van der Waals surface area contributed by atoms with Gasteiger partial charge < -0.3 is 9.73 Å². The number of anilines is 1. The van der Waals surface area contributed by atoms with E-state index in [1.54, 1.807) is 6.33 Å². The van der Waals surface area contributed by atoms with Crippen LogP contribution in [-0.2, 0) is 0 Å². The monoisotopic (exact) mass is 391 g/mol. The Bertz CT molecular complexity index is 1270. The van der Waals surface area contributed by atoms with E-state index in [-0.39, 0.29) is 6.04 Å². The molecule has 3 aromatic carbocycles. The maximum Gasteiger partial charge on any atom is 0.232 e. The van der Waals surface area contributed by atoms with Crippen LogP contribution in [-0.4, -0.2) is 9.97 Å². The molecule has 2 aromatic heterocycles. The molecule has 0 unspecified atom stereocenters. The third-order valence-electron chi connectivity index (χ3n) is 5.24. The molecule has 0 spiro atoms. The number of furan rings is 1. The van der Waals surface area contributed by atoms with Crippen molar-refractivity contribution >= 4 is 16.9 Å². The zero-order valence-corrected chi connectivity index (χ0v) is 16.6.